The maximum Gasteiger partial charge on any atom is 0.0535 e. The number of piperazine rings is 1. The van der Waals surface area contributed by atoms with E-state index >= 15 is 0 Å². The zero-order chi connectivity index (χ0) is 16.1. The van der Waals surface area contributed by atoms with Crippen molar-refractivity contribution in [3.8, 4) is 0 Å². The number of nitrogens with zero attached hydrogens (tertiary/aromatic N) is 3. The minimum atomic E-state index is 0.853. The quantitative estimate of drug-likeness (QED) is 0.853. The van der Waals surface area contributed by atoms with E-state index in [1.165, 1.54) is 42.9 Å². The maximum atomic E-state index is 4.05. The Morgan fingerprint density at radius 1 is 1.04 bits per heavy atom. The molecule has 1 aromatic heterocycles. The van der Waals surface area contributed by atoms with E-state index in [0.717, 1.165) is 25.3 Å². The van der Waals surface area contributed by atoms with Crippen LogP contribution >= 0.6 is 0 Å². The van der Waals surface area contributed by atoms with Gasteiger partial charge in [-0.25, -0.2) is 0 Å². The first kappa shape index (κ1) is 16.2. The molecule has 2 heterocycles. The number of hydrogen-bond donors (Lipinski definition) is 2. The Hall–Kier alpha value is -1.69. The Morgan fingerprint density at radius 3 is 2.39 bits per heavy atom. The molecule has 0 amide bonds. The molecule has 5 heteroatoms. The molecule has 0 saturated carbocycles. The topological polar surface area (TPSA) is 47.2 Å². The van der Waals surface area contributed by atoms with E-state index in [4.69, 9.17) is 0 Å². The van der Waals surface area contributed by atoms with Crippen LogP contribution < -0.4 is 5.32 Å². The molecule has 3 rings (SSSR count). The second-order valence-corrected chi connectivity index (χ2v) is 6.52. The Labute approximate surface area is 138 Å². The van der Waals surface area contributed by atoms with Crippen molar-refractivity contribution in [3.63, 3.8) is 0 Å². The molecule has 1 saturated heterocycles. The van der Waals surface area contributed by atoms with Gasteiger partial charge in [0.25, 0.3) is 0 Å². The van der Waals surface area contributed by atoms with Crippen LogP contribution in [0.4, 0.5) is 0 Å². The monoisotopic (exact) mass is 313 g/mol. The highest BCUT2D eigenvalue weighted by Crippen LogP contribution is 2.10. The van der Waals surface area contributed by atoms with E-state index in [1.54, 1.807) is 0 Å². The minimum absolute atomic E-state index is 0.853. The lowest BCUT2D eigenvalue weighted by Gasteiger charge is -2.32. The van der Waals surface area contributed by atoms with Crippen LogP contribution in [0, 0.1) is 6.92 Å². The van der Waals surface area contributed by atoms with Gasteiger partial charge >= 0.3 is 0 Å². The van der Waals surface area contributed by atoms with Gasteiger partial charge in [0, 0.05) is 57.1 Å². The summed E-state index contributed by atoms with van der Waals surface area (Å²) in [6, 6.07) is 9.00. The molecule has 0 bridgehead atoms. The lowest BCUT2D eigenvalue weighted by Crippen LogP contribution is -2.43. The number of nitrogens with one attached hydrogen (secondary N) is 2. The fraction of sp³-hybridized carbons (Fsp3) is 0.500. The fourth-order valence-corrected chi connectivity index (χ4v) is 2.92. The Bertz CT molecular complexity index is 596. The summed E-state index contributed by atoms with van der Waals surface area (Å²) in [7, 11) is 2.20. The number of rotatable bonds is 6. The van der Waals surface area contributed by atoms with Crippen molar-refractivity contribution in [3.05, 3.63) is 52.8 Å². The molecule has 1 aliphatic rings. The number of hydrogen-bond acceptors (Lipinski definition) is 4. The second-order valence-electron chi connectivity index (χ2n) is 6.52. The molecule has 2 aromatic rings. The molecule has 0 aliphatic carbocycles. The van der Waals surface area contributed by atoms with Crippen LogP contribution in [0.5, 0.6) is 0 Å². The average molecular weight is 313 g/mol. The molecule has 124 valence electrons. The van der Waals surface area contributed by atoms with Crippen LogP contribution in [-0.2, 0) is 19.6 Å². The van der Waals surface area contributed by atoms with E-state index in [-0.39, 0.29) is 0 Å². The second kappa shape index (κ2) is 7.73. The van der Waals surface area contributed by atoms with E-state index in [1.807, 2.05) is 6.20 Å². The van der Waals surface area contributed by atoms with Gasteiger partial charge in [-0.05, 0) is 25.1 Å². The number of H-pyrrole nitrogens is 1. The Balaban J connectivity index is 1.44. The van der Waals surface area contributed by atoms with Crippen molar-refractivity contribution in [2.24, 2.45) is 0 Å². The van der Waals surface area contributed by atoms with Crippen molar-refractivity contribution >= 4 is 0 Å². The smallest absolute Gasteiger partial charge is 0.0535 e. The van der Waals surface area contributed by atoms with Crippen LogP contribution in [0.3, 0.4) is 0 Å². The van der Waals surface area contributed by atoms with Gasteiger partial charge in [-0.15, -0.1) is 0 Å². The van der Waals surface area contributed by atoms with Crippen LogP contribution in [0.15, 0.2) is 30.5 Å². The summed E-state index contributed by atoms with van der Waals surface area (Å²) < 4.78 is 0. The molecule has 1 aromatic carbocycles. The fourth-order valence-electron chi connectivity index (χ4n) is 2.92. The Kier molecular flexibility index (Phi) is 5.43. The van der Waals surface area contributed by atoms with Crippen molar-refractivity contribution in [1.82, 2.24) is 25.3 Å². The number of likely N-dealkylation sites (N-methyl/N-ethyl adjacent to an activating group) is 1. The predicted molar refractivity (Wildman–Crippen MR) is 93.1 cm³/mol. The van der Waals surface area contributed by atoms with Gasteiger partial charge in [0.1, 0.15) is 0 Å². The van der Waals surface area contributed by atoms with Gasteiger partial charge in [-0.3, -0.25) is 10.00 Å². The summed E-state index contributed by atoms with van der Waals surface area (Å²) in [5.74, 6) is 0. The number of benzene rings is 1. The summed E-state index contributed by atoms with van der Waals surface area (Å²) in [4.78, 5) is 4.93. The van der Waals surface area contributed by atoms with Crippen molar-refractivity contribution in [1.29, 1.82) is 0 Å². The SMILES string of the molecule is Cc1[nH]ncc1CNCc1ccc(CN2CCN(C)CC2)cc1. The van der Waals surface area contributed by atoms with Crippen molar-refractivity contribution in [2.75, 3.05) is 33.2 Å². The zero-order valence-corrected chi connectivity index (χ0v) is 14.2. The highest BCUT2D eigenvalue weighted by Gasteiger charge is 2.13. The highest BCUT2D eigenvalue weighted by atomic mass is 15.2. The van der Waals surface area contributed by atoms with Crippen LogP contribution in [0.25, 0.3) is 0 Å². The molecule has 0 radical (unpaired) electrons. The summed E-state index contributed by atoms with van der Waals surface area (Å²) >= 11 is 0. The third-order valence-electron chi connectivity index (χ3n) is 4.60. The first-order chi connectivity index (χ1) is 11.2. The lowest BCUT2D eigenvalue weighted by atomic mass is 10.1. The van der Waals surface area contributed by atoms with Gasteiger partial charge in [0.05, 0.1) is 6.20 Å². The molecule has 0 atom stereocenters. The first-order valence-electron chi connectivity index (χ1n) is 8.39. The molecule has 5 nitrogen and oxygen atoms in total. The third kappa shape index (κ3) is 4.64. The molecule has 1 aliphatic heterocycles. The lowest BCUT2D eigenvalue weighted by molar-refractivity contribution is 0.148. The van der Waals surface area contributed by atoms with E-state index in [0.29, 0.717) is 0 Å². The third-order valence-corrected chi connectivity index (χ3v) is 4.60. The number of aromatic nitrogens is 2. The normalized spacial score (nSPS) is 16.8. The number of aromatic amines is 1. The summed E-state index contributed by atoms with van der Waals surface area (Å²) in [5, 5.41) is 10.5. The Morgan fingerprint density at radius 2 is 1.74 bits per heavy atom. The zero-order valence-electron chi connectivity index (χ0n) is 14.2. The average Bonchev–Trinajstić information content (AvgIpc) is 2.97. The molecular formula is C18H27N5. The van der Waals surface area contributed by atoms with E-state index < -0.39 is 0 Å². The van der Waals surface area contributed by atoms with E-state index in [2.05, 4.69) is 63.6 Å². The molecule has 23 heavy (non-hydrogen) atoms. The van der Waals surface area contributed by atoms with Crippen LogP contribution in [0.1, 0.15) is 22.4 Å². The van der Waals surface area contributed by atoms with Crippen LogP contribution in [0.2, 0.25) is 0 Å². The highest BCUT2D eigenvalue weighted by molar-refractivity contribution is 5.23. The van der Waals surface area contributed by atoms with Gasteiger partial charge < -0.3 is 10.2 Å². The number of aryl methyl sites for hydroxylation is 1. The molecular weight excluding hydrogens is 286 g/mol. The van der Waals surface area contributed by atoms with E-state index in [9.17, 15) is 0 Å². The molecule has 1 fully saturated rings. The largest absolute Gasteiger partial charge is 0.308 e. The van der Waals surface area contributed by atoms with Gasteiger partial charge in [0.2, 0.25) is 0 Å². The minimum Gasteiger partial charge on any atom is -0.308 e. The van der Waals surface area contributed by atoms with Gasteiger partial charge in [0.15, 0.2) is 0 Å². The standard InChI is InChI=1S/C18H27N5/c1-15-18(13-20-21-15)12-19-11-16-3-5-17(6-4-16)14-23-9-7-22(2)8-10-23/h3-6,13,19H,7-12,14H2,1-2H3,(H,20,21). The molecule has 0 unspecified atom stereocenters. The van der Waals surface area contributed by atoms with Crippen molar-refractivity contribution in [2.45, 2.75) is 26.6 Å². The van der Waals surface area contributed by atoms with Crippen LogP contribution in [-0.4, -0.2) is 53.2 Å². The van der Waals surface area contributed by atoms with Gasteiger partial charge in [-0.2, -0.15) is 5.10 Å². The van der Waals surface area contributed by atoms with Crippen molar-refractivity contribution < 1.29 is 0 Å². The summed E-state index contributed by atoms with van der Waals surface area (Å²) in [6.45, 7) is 9.55. The first-order valence-corrected chi connectivity index (χ1v) is 8.39. The molecule has 0 spiro atoms. The van der Waals surface area contributed by atoms with Gasteiger partial charge in [-0.1, -0.05) is 24.3 Å². The molecule has 2 N–H and O–H groups in total. The predicted octanol–water partition coefficient (Wildman–Crippen LogP) is 1.76. The summed E-state index contributed by atoms with van der Waals surface area (Å²) in [5.41, 5.74) is 5.11. The summed E-state index contributed by atoms with van der Waals surface area (Å²) in [6.07, 6.45) is 1.89. The maximum absolute atomic E-state index is 4.05.